The van der Waals surface area contributed by atoms with E-state index in [0.29, 0.717) is 30.8 Å². The van der Waals surface area contributed by atoms with Crippen molar-refractivity contribution in [1.82, 2.24) is 9.80 Å². The van der Waals surface area contributed by atoms with Gasteiger partial charge in [-0.15, -0.1) is 0 Å². The number of carbonyl (C=O) groups is 1. The van der Waals surface area contributed by atoms with Crippen LogP contribution in [0.1, 0.15) is 16.8 Å². The lowest BCUT2D eigenvalue weighted by molar-refractivity contribution is 0.0639. The number of hydrogen-bond acceptors (Lipinski definition) is 4. The largest absolute Gasteiger partial charge is 0.496 e. The molecule has 1 aliphatic rings. The van der Waals surface area contributed by atoms with E-state index in [1.54, 1.807) is 25.3 Å². The van der Waals surface area contributed by atoms with Crippen molar-refractivity contribution in [2.75, 3.05) is 39.8 Å². The third-order valence-corrected chi connectivity index (χ3v) is 4.22. The Morgan fingerprint density at radius 2 is 2.10 bits per heavy atom. The molecule has 1 amide bonds. The first-order valence-corrected chi connectivity index (χ1v) is 7.67. The van der Waals surface area contributed by atoms with E-state index >= 15 is 0 Å². The molecule has 0 N–H and O–H groups in total. The van der Waals surface area contributed by atoms with E-state index < -0.39 is 0 Å². The molecule has 1 heterocycles. The molecule has 1 aromatic rings. The zero-order valence-electron chi connectivity index (χ0n) is 12.0. The number of ether oxygens (including phenoxy) is 1. The van der Waals surface area contributed by atoms with Gasteiger partial charge in [0, 0.05) is 44.7 Å². The number of halogens is 1. The second-order valence-electron chi connectivity index (χ2n) is 4.89. The SMILES string of the molecule is COc1ccc(C(=O)N2CCN(CCC#N)CC2)cc1Br. The first-order valence-electron chi connectivity index (χ1n) is 6.88. The van der Waals surface area contributed by atoms with Gasteiger partial charge in [-0.25, -0.2) is 0 Å². The zero-order valence-corrected chi connectivity index (χ0v) is 13.6. The topological polar surface area (TPSA) is 56.6 Å². The molecule has 1 aromatic carbocycles. The monoisotopic (exact) mass is 351 g/mol. The number of piperazine rings is 1. The van der Waals surface area contributed by atoms with Crippen molar-refractivity contribution in [3.05, 3.63) is 28.2 Å². The van der Waals surface area contributed by atoms with E-state index in [1.165, 1.54) is 0 Å². The Bertz CT molecular complexity index is 548. The summed E-state index contributed by atoms with van der Waals surface area (Å²) in [4.78, 5) is 16.5. The Morgan fingerprint density at radius 1 is 1.38 bits per heavy atom. The average Bonchev–Trinajstić information content (AvgIpc) is 2.52. The van der Waals surface area contributed by atoms with Gasteiger partial charge >= 0.3 is 0 Å². The molecule has 0 bridgehead atoms. The highest BCUT2D eigenvalue weighted by Crippen LogP contribution is 2.26. The molecule has 2 rings (SSSR count). The number of benzene rings is 1. The maximum absolute atomic E-state index is 12.5. The van der Waals surface area contributed by atoms with Crippen LogP contribution in [0.3, 0.4) is 0 Å². The molecule has 0 aliphatic carbocycles. The van der Waals surface area contributed by atoms with Crippen LogP contribution in [-0.4, -0.2) is 55.5 Å². The van der Waals surface area contributed by atoms with Crippen LogP contribution in [0.15, 0.2) is 22.7 Å². The minimum Gasteiger partial charge on any atom is -0.496 e. The Morgan fingerprint density at radius 3 is 2.67 bits per heavy atom. The molecule has 112 valence electrons. The van der Waals surface area contributed by atoms with Gasteiger partial charge in [0.05, 0.1) is 17.7 Å². The van der Waals surface area contributed by atoms with E-state index in [4.69, 9.17) is 10.00 Å². The van der Waals surface area contributed by atoms with Crippen LogP contribution in [0.4, 0.5) is 0 Å². The van der Waals surface area contributed by atoms with Crippen LogP contribution in [0.5, 0.6) is 5.75 Å². The quantitative estimate of drug-likeness (QED) is 0.833. The lowest BCUT2D eigenvalue weighted by atomic mass is 10.1. The van der Waals surface area contributed by atoms with Gasteiger partial charge in [0.1, 0.15) is 5.75 Å². The molecule has 0 radical (unpaired) electrons. The lowest BCUT2D eigenvalue weighted by Crippen LogP contribution is -2.48. The Balaban J connectivity index is 1.96. The van der Waals surface area contributed by atoms with Gasteiger partial charge in [-0.3, -0.25) is 9.69 Å². The van der Waals surface area contributed by atoms with Crippen LogP contribution in [0, 0.1) is 11.3 Å². The predicted octanol–water partition coefficient (Wildman–Crippen LogP) is 2.13. The molecule has 1 fully saturated rings. The fraction of sp³-hybridized carbons (Fsp3) is 0.467. The van der Waals surface area contributed by atoms with Crippen molar-refractivity contribution in [3.63, 3.8) is 0 Å². The molecule has 0 unspecified atom stereocenters. The van der Waals surface area contributed by atoms with Crippen LogP contribution in [0.2, 0.25) is 0 Å². The highest BCUT2D eigenvalue weighted by Gasteiger charge is 2.22. The van der Waals surface area contributed by atoms with Gasteiger partial charge in [0.15, 0.2) is 0 Å². The second-order valence-corrected chi connectivity index (χ2v) is 5.75. The fourth-order valence-corrected chi connectivity index (χ4v) is 2.91. The van der Waals surface area contributed by atoms with Crippen LogP contribution < -0.4 is 4.74 Å². The van der Waals surface area contributed by atoms with Crippen LogP contribution in [0.25, 0.3) is 0 Å². The third kappa shape index (κ3) is 3.96. The van der Waals surface area contributed by atoms with Crippen molar-refractivity contribution in [3.8, 4) is 11.8 Å². The molecule has 1 saturated heterocycles. The smallest absolute Gasteiger partial charge is 0.253 e. The third-order valence-electron chi connectivity index (χ3n) is 3.60. The normalized spacial score (nSPS) is 15.6. The van der Waals surface area contributed by atoms with Crippen LogP contribution in [-0.2, 0) is 0 Å². The summed E-state index contributed by atoms with van der Waals surface area (Å²) in [6, 6.07) is 7.53. The van der Waals surface area contributed by atoms with Crippen molar-refractivity contribution in [2.45, 2.75) is 6.42 Å². The average molecular weight is 352 g/mol. The molecule has 6 heteroatoms. The fourth-order valence-electron chi connectivity index (χ4n) is 2.36. The minimum absolute atomic E-state index is 0.0401. The molecular weight excluding hydrogens is 334 g/mol. The highest BCUT2D eigenvalue weighted by atomic mass is 79.9. The summed E-state index contributed by atoms with van der Waals surface area (Å²) in [5.74, 6) is 0.756. The Hall–Kier alpha value is -1.58. The molecule has 1 aliphatic heterocycles. The minimum atomic E-state index is 0.0401. The number of amides is 1. The molecule has 0 saturated carbocycles. The van der Waals surface area contributed by atoms with E-state index in [2.05, 4.69) is 26.9 Å². The second kappa shape index (κ2) is 7.43. The van der Waals surface area contributed by atoms with Gasteiger partial charge < -0.3 is 9.64 Å². The number of rotatable bonds is 4. The van der Waals surface area contributed by atoms with Crippen molar-refractivity contribution < 1.29 is 9.53 Å². The number of methoxy groups -OCH3 is 1. The van der Waals surface area contributed by atoms with E-state index in [0.717, 1.165) is 24.1 Å². The number of carbonyl (C=O) groups excluding carboxylic acids is 1. The Labute approximate surface area is 133 Å². The van der Waals surface area contributed by atoms with Gasteiger partial charge in [-0.1, -0.05) is 0 Å². The van der Waals surface area contributed by atoms with Gasteiger partial charge in [-0.2, -0.15) is 5.26 Å². The summed E-state index contributed by atoms with van der Waals surface area (Å²) in [7, 11) is 1.60. The zero-order chi connectivity index (χ0) is 15.2. The highest BCUT2D eigenvalue weighted by molar-refractivity contribution is 9.10. The molecule has 0 spiro atoms. The van der Waals surface area contributed by atoms with Gasteiger partial charge in [0.25, 0.3) is 5.91 Å². The summed E-state index contributed by atoms with van der Waals surface area (Å²) in [5.41, 5.74) is 0.660. The van der Waals surface area contributed by atoms with E-state index in [-0.39, 0.29) is 5.91 Å². The number of nitriles is 1. The number of nitrogens with zero attached hydrogens (tertiary/aromatic N) is 3. The first-order chi connectivity index (χ1) is 10.2. The molecular formula is C15H18BrN3O2. The maximum atomic E-state index is 12.5. The molecule has 0 aromatic heterocycles. The molecule has 5 nitrogen and oxygen atoms in total. The number of hydrogen-bond donors (Lipinski definition) is 0. The maximum Gasteiger partial charge on any atom is 0.253 e. The van der Waals surface area contributed by atoms with E-state index in [1.807, 2.05) is 4.90 Å². The van der Waals surface area contributed by atoms with Crippen LogP contribution >= 0.6 is 15.9 Å². The van der Waals surface area contributed by atoms with Crippen molar-refractivity contribution >= 4 is 21.8 Å². The predicted molar refractivity (Wildman–Crippen MR) is 83.3 cm³/mol. The standard InChI is InChI=1S/C15H18BrN3O2/c1-21-14-4-3-12(11-13(14)16)15(20)19-9-7-18(8-10-19)6-2-5-17/h3-4,11H,2,6-10H2,1H3. The van der Waals surface area contributed by atoms with Gasteiger partial charge in [-0.05, 0) is 34.1 Å². The van der Waals surface area contributed by atoms with Crippen molar-refractivity contribution in [2.24, 2.45) is 0 Å². The summed E-state index contributed by atoms with van der Waals surface area (Å²) in [6.45, 7) is 3.84. The first kappa shape index (κ1) is 15.8. The lowest BCUT2D eigenvalue weighted by Gasteiger charge is -2.34. The molecule has 21 heavy (non-hydrogen) atoms. The molecule has 0 atom stereocenters. The van der Waals surface area contributed by atoms with Gasteiger partial charge in [0.2, 0.25) is 0 Å². The summed E-state index contributed by atoms with van der Waals surface area (Å²) >= 11 is 3.40. The summed E-state index contributed by atoms with van der Waals surface area (Å²) < 4.78 is 5.95. The van der Waals surface area contributed by atoms with E-state index in [9.17, 15) is 4.79 Å². The Kier molecular flexibility index (Phi) is 5.59. The summed E-state index contributed by atoms with van der Waals surface area (Å²) in [5, 5.41) is 8.60. The van der Waals surface area contributed by atoms with Crippen molar-refractivity contribution in [1.29, 1.82) is 5.26 Å². The summed E-state index contributed by atoms with van der Waals surface area (Å²) in [6.07, 6.45) is 0.541.